The van der Waals surface area contributed by atoms with Crippen LogP contribution in [0.5, 0.6) is 0 Å². The topological polar surface area (TPSA) is 41.5 Å². The Bertz CT molecular complexity index is 704. The lowest BCUT2D eigenvalue weighted by Gasteiger charge is -2.18. The molecule has 2 aromatic rings. The third kappa shape index (κ3) is 2.64. The molecule has 2 fully saturated rings. The normalized spacial score (nSPS) is 21.3. The van der Waals surface area contributed by atoms with Gasteiger partial charge in [0, 0.05) is 11.1 Å². The zero-order chi connectivity index (χ0) is 16.4. The van der Waals surface area contributed by atoms with Crippen LogP contribution in [-0.2, 0) is 10.2 Å². The fourth-order valence-corrected chi connectivity index (χ4v) is 3.96. The van der Waals surface area contributed by atoms with Gasteiger partial charge < -0.3 is 0 Å². The predicted molar refractivity (Wildman–Crippen MR) is 95.8 cm³/mol. The van der Waals surface area contributed by atoms with Crippen molar-refractivity contribution in [3.63, 3.8) is 0 Å². The number of carbonyl (C=O) groups excluding carboxylic acids is 1. The van der Waals surface area contributed by atoms with Crippen molar-refractivity contribution in [3.8, 4) is 0 Å². The van der Waals surface area contributed by atoms with Crippen molar-refractivity contribution < 1.29 is 4.79 Å². The van der Waals surface area contributed by atoms with E-state index in [0.717, 1.165) is 25.0 Å². The van der Waals surface area contributed by atoms with Crippen LogP contribution in [0.3, 0.4) is 0 Å². The van der Waals surface area contributed by atoms with Gasteiger partial charge in [-0.3, -0.25) is 4.79 Å². The first-order valence-electron chi connectivity index (χ1n) is 8.77. The van der Waals surface area contributed by atoms with E-state index < -0.39 is 0 Å². The van der Waals surface area contributed by atoms with Crippen molar-refractivity contribution in [3.05, 3.63) is 71.8 Å². The van der Waals surface area contributed by atoms with Crippen molar-refractivity contribution in [1.82, 2.24) is 5.43 Å². The van der Waals surface area contributed by atoms with Gasteiger partial charge in [0.2, 0.25) is 5.91 Å². The van der Waals surface area contributed by atoms with Crippen LogP contribution in [0.4, 0.5) is 0 Å². The van der Waals surface area contributed by atoms with E-state index in [1.54, 1.807) is 0 Å². The molecule has 0 radical (unpaired) electrons. The Hall–Kier alpha value is -2.42. The van der Waals surface area contributed by atoms with Crippen LogP contribution in [-0.4, -0.2) is 11.6 Å². The minimum atomic E-state index is -0.206. The fourth-order valence-electron chi connectivity index (χ4n) is 3.96. The van der Waals surface area contributed by atoms with E-state index >= 15 is 0 Å². The molecule has 3 nitrogen and oxygen atoms in total. The van der Waals surface area contributed by atoms with Gasteiger partial charge in [0.05, 0.1) is 5.92 Å². The summed E-state index contributed by atoms with van der Waals surface area (Å²) in [5, 5.41) is 4.35. The highest BCUT2D eigenvalue weighted by Gasteiger charge is 2.60. The molecule has 2 saturated carbocycles. The Kier molecular flexibility index (Phi) is 3.93. The van der Waals surface area contributed by atoms with Crippen molar-refractivity contribution in [2.45, 2.75) is 37.5 Å². The zero-order valence-electron chi connectivity index (χ0n) is 13.7. The number of rotatable bonds is 4. The van der Waals surface area contributed by atoms with Crippen LogP contribution < -0.4 is 5.43 Å². The van der Waals surface area contributed by atoms with Crippen LogP contribution in [0.1, 0.15) is 43.2 Å². The van der Waals surface area contributed by atoms with Gasteiger partial charge in [-0.15, -0.1) is 0 Å². The van der Waals surface area contributed by atoms with E-state index in [4.69, 9.17) is 0 Å². The number of amides is 1. The van der Waals surface area contributed by atoms with E-state index in [-0.39, 0.29) is 17.2 Å². The molecule has 2 aliphatic rings. The number of benzene rings is 2. The second-order valence-corrected chi connectivity index (χ2v) is 6.82. The Balaban J connectivity index is 1.60. The lowest BCUT2D eigenvalue weighted by molar-refractivity contribution is -0.122. The van der Waals surface area contributed by atoms with Gasteiger partial charge in [-0.1, -0.05) is 60.7 Å². The molecule has 4 rings (SSSR count). The average Bonchev–Trinajstić information content (AvgIpc) is 3.20. The van der Waals surface area contributed by atoms with Crippen LogP contribution in [0.2, 0.25) is 0 Å². The largest absolute Gasteiger partial charge is 0.273 e. The van der Waals surface area contributed by atoms with Gasteiger partial charge >= 0.3 is 0 Å². The standard InChI is InChI=1S/C21H22N2O/c24-20(23-22-18-13-7-8-14-18)19-15-21(19,16-9-3-1-4-10-16)17-11-5-2-6-12-17/h1-6,9-12,19H,7-8,13-15H2,(H,23,24). The molecule has 24 heavy (non-hydrogen) atoms. The summed E-state index contributed by atoms with van der Waals surface area (Å²) in [6, 6.07) is 20.7. The number of carbonyl (C=O) groups is 1. The second-order valence-electron chi connectivity index (χ2n) is 6.82. The highest BCUT2D eigenvalue weighted by molar-refractivity contribution is 5.90. The molecule has 1 N–H and O–H groups in total. The van der Waals surface area contributed by atoms with Gasteiger partial charge in [-0.2, -0.15) is 5.10 Å². The van der Waals surface area contributed by atoms with Gasteiger partial charge in [-0.05, 0) is 43.2 Å². The first-order valence-corrected chi connectivity index (χ1v) is 8.77. The molecule has 3 heteroatoms. The third-order valence-electron chi connectivity index (χ3n) is 5.36. The van der Waals surface area contributed by atoms with Crippen LogP contribution >= 0.6 is 0 Å². The lowest BCUT2D eigenvalue weighted by atomic mass is 9.85. The lowest BCUT2D eigenvalue weighted by Crippen LogP contribution is -2.26. The molecule has 1 unspecified atom stereocenters. The summed E-state index contributed by atoms with van der Waals surface area (Å²) in [6.07, 6.45) is 5.27. The molecular formula is C21H22N2O. The molecule has 0 aliphatic heterocycles. The minimum Gasteiger partial charge on any atom is -0.273 e. The van der Waals surface area contributed by atoms with E-state index in [9.17, 15) is 4.79 Å². The van der Waals surface area contributed by atoms with Crippen molar-refractivity contribution in [2.75, 3.05) is 0 Å². The monoisotopic (exact) mass is 318 g/mol. The summed E-state index contributed by atoms with van der Waals surface area (Å²) in [5.74, 6) is -0.00448. The molecule has 0 aromatic heterocycles. The van der Waals surface area contributed by atoms with E-state index in [0.29, 0.717) is 0 Å². The van der Waals surface area contributed by atoms with Crippen LogP contribution in [0.25, 0.3) is 0 Å². The second kappa shape index (κ2) is 6.23. The Labute approximate surface area is 142 Å². The number of nitrogens with zero attached hydrogens (tertiary/aromatic N) is 1. The van der Waals surface area contributed by atoms with Crippen molar-refractivity contribution >= 4 is 11.6 Å². The van der Waals surface area contributed by atoms with Gasteiger partial charge in [0.15, 0.2) is 0 Å². The number of hydrazone groups is 1. The highest BCUT2D eigenvalue weighted by Crippen LogP contribution is 2.58. The maximum absolute atomic E-state index is 12.7. The maximum Gasteiger partial charge on any atom is 0.244 e. The van der Waals surface area contributed by atoms with Gasteiger partial charge in [0.25, 0.3) is 0 Å². The Morgan fingerprint density at radius 1 is 0.917 bits per heavy atom. The molecule has 1 amide bonds. The van der Waals surface area contributed by atoms with Crippen molar-refractivity contribution in [1.29, 1.82) is 0 Å². The molecule has 0 heterocycles. The fraction of sp³-hybridized carbons (Fsp3) is 0.333. The summed E-state index contributed by atoms with van der Waals surface area (Å²) in [7, 11) is 0. The van der Waals surface area contributed by atoms with Gasteiger partial charge in [-0.25, -0.2) is 5.43 Å². The van der Waals surface area contributed by atoms with Crippen LogP contribution in [0.15, 0.2) is 65.8 Å². The first-order chi connectivity index (χ1) is 11.8. The number of hydrogen-bond donors (Lipinski definition) is 1. The predicted octanol–water partition coefficient (Wildman–Crippen LogP) is 4.04. The van der Waals surface area contributed by atoms with Crippen molar-refractivity contribution in [2.24, 2.45) is 11.0 Å². The quantitative estimate of drug-likeness (QED) is 0.849. The maximum atomic E-state index is 12.7. The summed E-state index contributed by atoms with van der Waals surface area (Å²) >= 11 is 0. The zero-order valence-corrected chi connectivity index (χ0v) is 13.7. The Morgan fingerprint density at radius 3 is 2.00 bits per heavy atom. The molecule has 0 bridgehead atoms. The molecule has 122 valence electrons. The number of hydrogen-bond acceptors (Lipinski definition) is 2. The molecular weight excluding hydrogens is 296 g/mol. The third-order valence-corrected chi connectivity index (χ3v) is 5.36. The molecule has 1 atom stereocenters. The molecule has 0 spiro atoms. The van der Waals surface area contributed by atoms with E-state index in [1.165, 1.54) is 24.0 Å². The van der Waals surface area contributed by atoms with Gasteiger partial charge in [0.1, 0.15) is 0 Å². The summed E-state index contributed by atoms with van der Waals surface area (Å²) in [4.78, 5) is 12.7. The number of nitrogens with one attached hydrogen (secondary N) is 1. The Morgan fingerprint density at radius 2 is 1.46 bits per heavy atom. The molecule has 2 aliphatic carbocycles. The SMILES string of the molecule is O=C(NN=C1CCCC1)C1CC1(c1ccccc1)c1ccccc1. The summed E-state index contributed by atoms with van der Waals surface area (Å²) in [5.41, 5.74) is 6.18. The molecule has 0 saturated heterocycles. The molecule has 2 aromatic carbocycles. The van der Waals surface area contributed by atoms with Crippen LogP contribution in [0, 0.1) is 5.92 Å². The highest BCUT2D eigenvalue weighted by atomic mass is 16.2. The summed E-state index contributed by atoms with van der Waals surface area (Å²) in [6.45, 7) is 0. The first kappa shape index (κ1) is 15.1. The average molecular weight is 318 g/mol. The smallest absolute Gasteiger partial charge is 0.244 e. The van der Waals surface area contributed by atoms with E-state index in [1.807, 2.05) is 36.4 Å². The summed E-state index contributed by atoms with van der Waals surface area (Å²) < 4.78 is 0. The minimum absolute atomic E-state index is 0.0436. The van der Waals surface area contributed by atoms with E-state index in [2.05, 4.69) is 34.8 Å².